The van der Waals surface area contributed by atoms with Crippen molar-refractivity contribution < 1.29 is 29.1 Å². The molecule has 0 aromatic heterocycles. The van der Waals surface area contributed by atoms with Gasteiger partial charge in [-0.05, 0) is 80.6 Å². The van der Waals surface area contributed by atoms with Gasteiger partial charge >= 0.3 is 13.8 Å². The van der Waals surface area contributed by atoms with Gasteiger partial charge in [-0.25, -0.2) is 4.79 Å². The predicted octanol–water partition coefficient (Wildman–Crippen LogP) is 5.60. The summed E-state index contributed by atoms with van der Waals surface area (Å²) in [7, 11) is -1.34. The topological polar surface area (TPSA) is 113 Å². The van der Waals surface area contributed by atoms with E-state index >= 15 is 0 Å². The molecule has 2 unspecified atom stereocenters. The Bertz CT molecular complexity index is 981. The van der Waals surface area contributed by atoms with E-state index in [0.717, 1.165) is 5.56 Å². The average Bonchev–Trinajstić information content (AvgIpc) is 2.68. The van der Waals surface area contributed by atoms with Crippen molar-refractivity contribution in [2.24, 2.45) is 0 Å². The van der Waals surface area contributed by atoms with Gasteiger partial charge in [-0.15, -0.1) is 0 Å². The summed E-state index contributed by atoms with van der Waals surface area (Å²) in [5.41, 5.74) is 0.769. The maximum absolute atomic E-state index is 12.6. The number of carboxylic acids is 1. The minimum atomic E-state index is -1.34. The van der Waals surface area contributed by atoms with Gasteiger partial charge < -0.3 is 20.3 Å². The first-order valence-electron chi connectivity index (χ1n) is 9.02. The molecule has 7 nitrogen and oxygen atoms in total. The third-order valence-corrected chi connectivity index (χ3v) is 6.74. The van der Waals surface area contributed by atoms with Gasteiger partial charge in [0.15, 0.2) is 11.9 Å². The molecule has 0 saturated heterocycles. The van der Waals surface area contributed by atoms with Gasteiger partial charge in [0.2, 0.25) is 0 Å². The predicted molar refractivity (Wildman–Crippen MR) is 129 cm³/mol. The van der Waals surface area contributed by atoms with Crippen LogP contribution in [0, 0.1) is 0 Å². The number of rotatable bonds is 10. The first-order valence-corrected chi connectivity index (χ1v) is 13.9. The number of nitrogens with one attached hydrogen (secondary N) is 1. The van der Waals surface area contributed by atoms with Crippen molar-refractivity contribution in [3.05, 3.63) is 50.4 Å². The molecule has 0 aliphatic heterocycles. The monoisotopic (exact) mass is 592 g/mol. The Hall–Kier alpha value is -1.61. The number of halogens is 2. The molecule has 11 heteroatoms. The molecule has 2 rings (SSSR count). The molecule has 0 saturated carbocycles. The fraction of sp³-hybridized carbons (Fsp3) is 0.300. The fourth-order valence-corrected chi connectivity index (χ4v) is 5.28. The molecule has 0 spiro atoms. The molecule has 31 heavy (non-hydrogen) atoms. The van der Waals surface area contributed by atoms with Crippen LogP contribution in [0.2, 0.25) is 0 Å². The van der Waals surface area contributed by atoms with E-state index in [1.807, 2.05) is 6.26 Å². The Morgan fingerprint density at radius 2 is 1.87 bits per heavy atom. The molecule has 2 atom stereocenters. The van der Waals surface area contributed by atoms with E-state index in [1.54, 1.807) is 18.8 Å². The molecule has 0 radical (unpaired) electrons. The van der Waals surface area contributed by atoms with Gasteiger partial charge in [-0.2, -0.15) is 11.8 Å². The van der Waals surface area contributed by atoms with Crippen LogP contribution in [0.1, 0.15) is 22.3 Å². The lowest BCUT2D eigenvalue weighted by Gasteiger charge is -2.16. The summed E-state index contributed by atoms with van der Waals surface area (Å²) >= 11 is 8.34. The number of hydrogen-bond acceptors (Lipinski definition) is 6. The third-order valence-electron chi connectivity index (χ3n) is 4.11. The highest BCUT2D eigenvalue weighted by molar-refractivity contribution is 9.11. The number of aromatic hydroxyl groups is 1. The fourth-order valence-electron chi connectivity index (χ4n) is 2.67. The average molecular weight is 594 g/mol. The lowest BCUT2D eigenvalue weighted by Crippen LogP contribution is -2.41. The second-order valence-corrected chi connectivity index (χ2v) is 10.9. The number of hydrogen-bond donors (Lipinski definition) is 3. The Labute approximate surface area is 202 Å². The first-order chi connectivity index (χ1) is 14.6. The number of amides is 1. The maximum atomic E-state index is 12.6. The number of thioether (sulfide) groups is 1. The van der Waals surface area contributed by atoms with E-state index in [0.29, 0.717) is 26.6 Å². The zero-order valence-corrected chi connectivity index (χ0v) is 21.6. The van der Waals surface area contributed by atoms with Crippen molar-refractivity contribution in [3.8, 4) is 17.2 Å². The minimum Gasteiger partial charge on any atom is -0.507 e. The molecule has 0 aliphatic carbocycles. The second kappa shape index (κ2) is 11.9. The number of carbonyl (C=O) groups is 2. The summed E-state index contributed by atoms with van der Waals surface area (Å²) in [5, 5.41) is 21.9. The number of phenolic OH excluding ortho intramolecular Hbond substituents is 1. The highest BCUT2D eigenvalue weighted by Crippen LogP contribution is 2.40. The summed E-state index contributed by atoms with van der Waals surface area (Å²) in [6.07, 6.45) is 2.53. The van der Waals surface area contributed by atoms with Gasteiger partial charge in [0.05, 0.1) is 14.5 Å². The van der Waals surface area contributed by atoms with E-state index in [-0.39, 0.29) is 23.5 Å². The molecule has 166 valence electrons. The lowest BCUT2D eigenvalue weighted by molar-refractivity contribution is -0.139. The Balaban J connectivity index is 2.26. The van der Waals surface area contributed by atoms with Crippen LogP contribution in [0.25, 0.3) is 0 Å². The summed E-state index contributed by atoms with van der Waals surface area (Å²) in [6.45, 7) is 1.65. The number of carbonyl (C=O) groups excluding carboxylic acids is 1. The minimum absolute atomic E-state index is 0.0975. The van der Waals surface area contributed by atoms with Gasteiger partial charge in [0.25, 0.3) is 5.91 Å². The third kappa shape index (κ3) is 7.49. The van der Waals surface area contributed by atoms with Crippen molar-refractivity contribution in [2.75, 3.05) is 18.7 Å². The van der Waals surface area contributed by atoms with Crippen LogP contribution in [0.3, 0.4) is 0 Å². The first kappa shape index (κ1) is 25.6. The Morgan fingerprint density at radius 3 is 2.42 bits per heavy atom. The number of ether oxygens (including phenoxy) is 1. The molecular formula is C20H21Br2NO6PS+. The quantitative estimate of drug-likeness (QED) is 0.307. The van der Waals surface area contributed by atoms with Crippen LogP contribution < -0.4 is 10.1 Å². The van der Waals surface area contributed by atoms with E-state index in [9.17, 15) is 24.4 Å². The van der Waals surface area contributed by atoms with Crippen molar-refractivity contribution in [1.29, 1.82) is 0 Å². The van der Waals surface area contributed by atoms with Crippen LogP contribution in [-0.4, -0.2) is 46.8 Å². The summed E-state index contributed by atoms with van der Waals surface area (Å²) in [6, 6.07) is 6.67. The van der Waals surface area contributed by atoms with Crippen LogP contribution in [0.5, 0.6) is 17.2 Å². The number of aliphatic carboxylic acids is 1. The molecule has 3 N–H and O–H groups in total. The van der Waals surface area contributed by atoms with Crippen molar-refractivity contribution >= 4 is 63.3 Å². The van der Waals surface area contributed by atoms with Crippen molar-refractivity contribution in [2.45, 2.75) is 18.6 Å². The van der Waals surface area contributed by atoms with Gasteiger partial charge in [-0.3, -0.25) is 4.79 Å². The zero-order valence-electron chi connectivity index (χ0n) is 16.7. The molecule has 0 heterocycles. The standard InChI is InChI=1S/C20H20Br2NO6PS/c1-30(28)10-11-7-14(21)18(15(22)8-11)29-12-3-4-17(24)13(9-12)19(25)23-16(20(26)27)5-6-31-2/h3-4,7-9,16H,5-6,10H2,1-2H3,(H2-,23,24,25,26,27)/p+1. The number of carboxylic acid groups (broad SMARTS) is 1. The molecule has 2 aromatic carbocycles. The zero-order chi connectivity index (χ0) is 23.1. The van der Waals surface area contributed by atoms with Crippen LogP contribution in [0.15, 0.2) is 39.3 Å². The molecule has 0 bridgehead atoms. The normalized spacial score (nSPS) is 12.2. The van der Waals surface area contributed by atoms with Crippen LogP contribution >= 0.6 is 51.4 Å². The summed E-state index contributed by atoms with van der Waals surface area (Å²) < 4.78 is 18.6. The molecule has 2 aromatic rings. The summed E-state index contributed by atoms with van der Waals surface area (Å²) in [5.74, 6) is -0.867. The van der Waals surface area contributed by atoms with Crippen LogP contribution in [-0.2, 0) is 15.5 Å². The highest BCUT2D eigenvalue weighted by atomic mass is 79.9. The number of phenols is 1. The van der Waals surface area contributed by atoms with E-state index in [2.05, 4.69) is 37.2 Å². The lowest BCUT2D eigenvalue weighted by atomic mass is 10.1. The SMILES string of the molecule is CSCCC(NC(=O)c1cc(Oc2c(Br)cc(C[P+](C)=O)cc2Br)ccc1O)C(=O)O. The number of benzene rings is 2. The summed E-state index contributed by atoms with van der Waals surface area (Å²) in [4.78, 5) is 24.0. The smallest absolute Gasteiger partial charge is 0.340 e. The largest absolute Gasteiger partial charge is 0.507 e. The Kier molecular flexibility index (Phi) is 9.81. The highest BCUT2D eigenvalue weighted by Gasteiger charge is 2.23. The molecule has 0 fully saturated rings. The van der Waals surface area contributed by atoms with E-state index in [1.165, 1.54) is 30.0 Å². The van der Waals surface area contributed by atoms with Crippen molar-refractivity contribution in [1.82, 2.24) is 5.32 Å². The van der Waals surface area contributed by atoms with Gasteiger partial charge in [0, 0.05) is 5.56 Å². The molecular weight excluding hydrogens is 573 g/mol. The van der Waals surface area contributed by atoms with E-state index in [4.69, 9.17) is 4.74 Å². The maximum Gasteiger partial charge on any atom is 0.340 e. The van der Waals surface area contributed by atoms with Gasteiger partial charge in [0.1, 0.15) is 24.2 Å². The molecule has 0 aliphatic rings. The molecule has 1 amide bonds. The van der Waals surface area contributed by atoms with Gasteiger partial charge in [-0.1, -0.05) is 4.57 Å². The van der Waals surface area contributed by atoms with E-state index < -0.39 is 25.7 Å². The van der Waals surface area contributed by atoms with Crippen LogP contribution in [0.4, 0.5) is 0 Å². The second-order valence-electron chi connectivity index (χ2n) is 6.60. The van der Waals surface area contributed by atoms with Crippen molar-refractivity contribution in [3.63, 3.8) is 0 Å². The Morgan fingerprint density at radius 1 is 1.23 bits per heavy atom.